The number of hydrogen-bond donors (Lipinski definition) is 1. The lowest BCUT2D eigenvalue weighted by molar-refractivity contribution is -0.132. The van der Waals surface area contributed by atoms with Gasteiger partial charge in [-0.1, -0.05) is 70.7 Å². The molecule has 0 aromatic heterocycles. The number of rotatable bonds is 10. The van der Waals surface area contributed by atoms with Gasteiger partial charge in [-0.15, -0.1) is 0 Å². The molecule has 1 aromatic rings. The van der Waals surface area contributed by atoms with Crippen molar-refractivity contribution in [3.8, 4) is 5.75 Å². The number of methoxy groups -OCH3 is 1. The summed E-state index contributed by atoms with van der Waals surface area (Å²) in [5, 5.41) is 10.7. The molecule has 0 saturated carbocycles. The highest BCUT2D eigenvalue weighted by molar-refractivity contribution is 8.23. The maximum Gasteiger partial charge on any atom is 0.230 e. The average Bonchev–Trinajstić information content (AvgIpc) is 3.08. The van der Waals surface area contributed by atoms with E-state index in [1.807, 2.05) is 24.3 Å². The third kappa shape index (κ3) is 8.04. The Morgan fingerprint density at radius 3 is 2.45 bits per heavy atom. The van der Waals surface area contributed by atoms with Crippen molar-refractivity contribution in [1.82, 2.24) is 4.90 Å². The van der Waals surface area contributed by atoms with Gasteiger partial charge < -0.3 is 14.6 Å². The molecule has 1 aliphatic heterocycles. The van der Waals surface area contributed by atoms with Crippen LogP contribution < -0.4 is 4.74 Å². The Kier molecular flexibility index (Phi) is 9.80. The van der Waals surface area contributed by atoms with E-state index in [1.165, 1.54) is 0 Å². The largest absolute Gasteiger partial charge is 0.497 e. The van der Waals surface area contributed by atoms with Gasteiger partial charge >= 0.3 is 0 Å². The van der Waals surface area contributed by atoms with Crippen LogP contribution in [0.1, 0.15) is 59.4 Å². The first-order valence-electron chi connectivity index (χ1n) is 10.9. The molecule has 1 fully saturated rings. The summed E-state index contributed by atoms with van der Waals surface area (Å²) in [6.45, 7) is 11.1. The molecule has 1 N–H and O–H groups in total. The minimum Gasteiger partial charge on any atom is -0.497 e. The topological polar surface area (TPSA) is 59.0 Å². The van der Waals surface area contributed by atoms with E-state index in [1.54, 1.807) is 23.8 Å². The Morgan fingerprint density at radius 2 is 1.90 bits per heavy atom. The van der Waals surface area contributed by atoms with E-state index in [4.69, 9.17) is 21.7 Å². The number of thiocarbonyl (C=S) groups is 1. The summed E-state index contributed by atoms with van der Waals surface area (Å²) in [4.78, 5) is 14.7. The predicted molar refractivity (Wildman–Crippen MR) is 131 cm³/mol. The summed E-state index contributed by atoms with van der Waals surface area (Å²) in [5.41, 5.74) is 0.989. The zero-order valence-corrected chi connectivity index (χ0v) is 21.2. The number of nitrogens with zero attached hydrogens (tertiary/aromatic N) is 1. The minimum absolute atomic E-state index is 0.0579. The van der Waals surface area contributed by atoms with E-state index < -0.39 is 6.10 Å². The van der Waals surface area contributed by atoms with Crippen LogP contribution in [0, 0.1) is 11.3 Å². The lowest BCUT2D eigenvalue weighted by Crippen LogP contribution is -2.46. The lowest BCUT2D eigenvalue weighted by atomic mass is 9.87. The van der Waals surface area contributed by atoms with Gasteiger partial charge in [-0.25, -0.2) is 0 Å². The number of carbonyl (C=O) groups is 1. The smallest absolute Gasteiger partial charge is 0.230 e. The predicted octanol–water partition coefficient (Wildman–Crippen LogP) is 5.04. The van der Waals surface area contributed by atoms with Crippen molar-refractivity contribution in [2.75, 3.05) is 12.9 Å². The molecule has 0 aliphatic carbocycles. The van der Waals surface area contributed by atoms with Gasteiger partial charge in [0.05, 0.1) is 38.4 Å². The van der Waals surface area contributed by atoms with E-state index in [-0.39, 0.29) is 29.9 Å². The summed E-state index contributed by atoms with van der Waals surface area (Å²) < 4.78 is 11.9. The van der Waals surface area contributed by atoms with Crippen molar-refractivity contribution in [3.05, 3.63) is 29.8 Å². The van der Waals surface area contributed by atoms with Crippen molar-refractivity contribution < 1.29 is 19.4 Å². The van der Waals surface area contributed by atoms with Crippen molar-refractivity contribution in [2.24, 2.45) is 11.3 Å². The second-order valence-corrected chi connectivity index (χ2v) is 11.4. The van der Waals surface area contributed by atoms with Crippen LogP contribution >= 0.6 is 24.0 Å². The summed E-state index contributed by atoms with van der Waals surface area (Å²) >= 11 is 6.97. The van der Waals surface area contributed by atoms with Crippen LogP contribution in [0.15, 0.2) is 24.3 Å². The number of thioether (sulfide) groups is 1. The molecule has 174 valence electrons. The quantitative estimate of drug-likeness (QED) is 0.486. The summed E-state index contributed by atoms with van der Waals surface area (Å²) in [7, 11) is 1.64. The van der Waals surface area contributed by atoms with Crippen molar-refractivity contribution in [3.63, 3.8) is 0 Å². The molecule has 5 nitrogen and oxygen atoms in total. The van der Waals surface area contributed by atoms with Gasteiger partial charge in [-0.2, -0.15) is 0 Å². The van der Waals surface area contributed by atoms with E-state index in [9.17, 15) is 9.90 Å². The summed E-state index contributed by atoms with van der Waals surface area (Å²) in [6, 6.07) is 7.83. The maximum absolute atomic E-state index is 13.0. The second kappa shape index (κ2) is 11.6. The lowest BCUT2D eigenvalue weighted by Gasteiger charge is -2.34. The number of ether oxygens (including phenoxy) is 2. The molecule has 3 atom stereocenters. The third-order valence-electron chi connectivity index (χ3n) is 5.47. The number of benzene rings is 1. The first kappa shape index (κ1) is 26.1. The van der Waals surface area contributed by atoms with Crippen LogP contribution in [0.3, 0.4) is 0 Å². The molecule has 1 aliphatic rings. The van der Waals surface area contributed by atoms with E-state index in [0.29, 0.717) is 23.3 Å². The fraction of sp³-hybridized carbons (Fsp3) is 0.667. The Balaban J connectivity index is 1.95. The fourth-order valence-corrected chi connectivity index (χ4v) is 5.47. The molecule has 0 unspecified atom stereocenters. The molecule has 0 spiro atoms. The van der Waals surface area contributed by atoms with E-state index in [0.717, 1.165) is 23.5 Å². The number of hydrogen-bond acceptors (Lipinski definition) is 6. The monoisotopic (exact) mass is 467 g/mol. The molecular weight excluding hydrogens is 430 g/mol. The molecule has 1 heterocycles. The number of carbonyl (C=O) groups excluding carboxylic acids is 1. The van der Waals surface area contributed by atoms with Crippen LogP contribution in [-0.4, -0.2) is 51.3 Å². The fourth-order valence-electron chi connectivity index (χ4n) is 3.72. The summed E-state index contributed by atoms with van der Waals surface area (Å²) in [5.74, 6) is 1.95. The van der Waals surface area contributed by atoms with Crippen LogP contribution in [0.2, 0.25) is 0 Å². The van der Waals surface area contributed by atoms with Gasteiger partial charge in [0.1, 0.15) is 10.1 Å². The van der Waals surface area contributed by atoms with Crippen LogP contribution in [0.25, 0.3) is 0 Å². The normalized spacial score (nSPS) is 19.0. The molecule has 2 rings (SSSR count). The molecule has 7 heteroatoms. The van der Waals surface area contributed by atoms with Crippen LogP contribution in [0.4, 0.5) is 0 Å². The molecule has 31 heavy (non-hydrogen) atoms. The van der Waals surface area contributed by atoms with Gasteiger partial charge in [0.2, 0.25) is 5.91 Å². The van der Waals surface area contributed by atoms with E-state index in [2.05, 4.69) is 34.6 Å². The average molecular weight is 468 g/mol. The van der Waals surface area contributed by atoms with Gasteiger partial charge in [0.15, 0.2) is 0 Å². The molecule has 1 aromatic carbocycles. The van der Waals surface area contributed by atoms with Gasteiger partial charge in [-0.3, -0.25) is 9.69 Å². The zero-order chi connectivity index (χ0) is 23.2. The Morgan fingerprint density at radius 1 is 1.26 bits per heavy atom. The minimum atomic E-state index is -0.763. The second-order valence-electron chi connectivity index (χ2n) is 9.73. The molecule has 0 radical (unpaired) electrons. The highest BCUT2D eigenvalue weighted by Crippen LogP contribution is 2.36. The molecule has 0 bridgehead atoms. The highest BCUT2D eigenvalue weighted by atomic mass is 32.2. The van der Waals surface area contributed by atoms with Gasteiger partial charge in [0, 0.05) is 12.2 Å². The maximum atomic E-state index is 13.0. The summed E-state index contributed by atoms with van der Waals surface area (Å²) in [6.07, 6.45) is 0.426. The van der Waals surface area contributed by atoms with Crippen molar-refractivity contribution in [1.29, 1.82) is 0 Å². The highest BCUT2D eigenvalue weighted by Gasteiger charge is 2.41. The molecule has 1 amide bonds. The Hall–Kier alpha value is -1.15. The first-order valence-corrected chi connectivity index (χ1v) is 12.3. The van der Waals surface area contributed by atoms with Crippen molar-refractivity contribution >= 4 is 34.2 Å². The van der Waals surface area contributed by atoms with E-state index >= 15 is 0 Å². The van der Waals surface area contributed by atoms with Crippen LogP contribution in [0.5, 0.6) is 5.75 Å². The van der Waals surface area contributed by atoms with Gasteiger partial charge in [-0.05, 0) is 35.4 Å². The number of amides is 1. The zero-order valence-electron chi connectivity index (χ0n) is 19.6. The Bertz CT molecular complexity index is 730. The standard InChI is InChI=1S/C24H37NO4S2/c1-16(2)11-20(29-14-17-7-9-19(28-6)10-8-17)12-18(26)13-22(27)25-21(24(3,4)5)15-31-23(25)30/h7-10,16,18,20-21,26H,11-15H2,1-6H3/t18-,20-,21-/m1/s1. The van der Waals surface area contributed by atoms with Crippen LogP contribution in [-0.2, 0) is 16.1 Å². The van der Waals surface area contributed by atoms with Crippen molar-refractivity contribution in [2.45, 2.75) is 78.7 Å². The SMILES string of the molecule is COc1ccc(CO[C@H](CC(C)C)C[C@@H](O)CC(=O)N2C(=S)SC[C@@H]2C(C)(C)C)cc1. The Labute approximate surface area is 196 Å². The molecule has 1 saturated heterocycles. The number of aliphatic hydroxyl groups excluding tert-OH is 1. The van der Waals surface area contributed by atoms with Gasteiger partial charge in [0.25, 0.3) is 0 Å². The number of aliphatic hydroxyl groups is 1. The first-order chi connectivity index (χ1) is 14.5. The molecular formula is C24H37NO4S2. The third-order valence-corrected chi connectivity index (χ3v) is 6.94.